The number of nitro groups is 1. The quantitative estimate of drug-likeness (QED) is 0.689. The fraction of sp³-hybridized carbons (Fsp3) is 0.412. The van der Waals surface area contributed by atoms with Crippen molar-refractivity contribution >= 4 is 22.2 Å². The van der Waals surface area contributed by atoms with Crippen LogP contribution < -0.4 is 0 Å². The number of hydrogen-bond donors (Lipinski definition) is 1. The van der Waals surface area contributed by atoms with Gasteiger partial charge in [-0.1, -0.05) is 19.9 Å². The Morgan fingerprint density at radius 3 is 2.86 bits per heavy atom. The number of rotatable bonds is 4. The van der Waals surface area contributed by atoms with E-state index in [0.717, 1.165) is 42.5 Å². The highest BCUT2D eigenvalue weighted by atomic mass is 16.6. The minimum atomic E-state index is -0.337. The highest BCUT2D eigenvalue weighted by Crippen LogP contribution is 2.31. The van der Waals surface area contributed by atoms with Gasteiger partial charge in [-0.25, -0.2) is 0 Å². The molecule has 1 aromatic carbocycles. The van der Waals surface area contributed by atoms with Crippen molar-refractivity contribution in [2.75, 3.05) is 19.6 Å². The second kappa shape index (κ2) is 5.93. The highest BCUT2D eigenvalue weighted by molar-refractivity contribution is 5.94. The van der Waals surface area contributed by atoms with Gasteiger partial charge < -0.3 is 4.98 Å². The molecule has 0 unspecified atom stereocenters. The summed E-state index contributed by atoms with van der Waals surface area (Å²) in [6.45, 7) is 7.58. The molecule has 5 heteroatoms. The van der Waals surface area contributed by atoms with E-state index in [1.54, 1.807) is 18.2 Å². The predicted octanol–water partition coefficient (Wildman–Crippen LogP) is 3.82. The van der Waals surface area contributed by atoms with Crippen LogP contribution in [0.4, 0.5) is 5.69 Å². The van der Waals surface area contributed by atoms with Gasteiger partial charge >= 0.3 is 0 Å². The van der Waals surface area contributed by atoms with Gasteiger partial charge in [-0.05, 0) is 24.0 Å². The van der Waals surface area contributed by atoms with Gasteiger partial charge in [0.15, 0.2) is 0 Å². The lowest BCUT2D eigenvalue weighted by Gasteiger charge is -2.27. The lowest BCUT2D eigenvalue weighted by atomic mass is 9.98. The molecule has 116 valence electrons. The standard InChI is InChI=1S/C17H21N3O2/c1-12(2)11-19-7-5-13(6-8-19)16-10-18-17-4-3-14(20(21)22)9-15(16)17/h3-5,9-10,12,18H,6-8,11H2,1-2H3. The Kier molecular flexibility index (Phi) is 3.98. The van der Waals surface area contributed by atoms with Crippen molar-refractivity contribution in [1.82, 2.24) is 9.88 Å². The van der Waals surface area contributed by atoms with Crippen LogP contribution in [0.2, 0.25) is 0 Å². The number of hydrogen-bond acceptors (Lipinski definition) is 3. The molecule has 0 fully saturated rings. The average Bonchev–Trinajstić information content (AvgIpc) is 2.90. The first-order valence-electron chi connectivity index (χ1n) is 7.72. The zero-order valence-corrected chi connectivity index (χ0v) is 13.0. The van der Waals surface area contributed by atoms with Crippen molar-refractivity contribution in [3.63, 3.8) is 0 Å². The van der Waals surface area contributed by atoms with Crippen molar-refractivity contribution < 1.29 is 4.92 Å². The van der Waals surface area contributed by atoms with Gasteiger partial charge in [-0.2, -0.15) is 0 Å². The summed E-state index contributed by atoms with van der Waals surface area (Å²) in [6.07, 6.45) is 5.22. The van der Waals surface area contributed by atoms with Gasteiger partial charge in [0.2, 0.25) is 0 Å². The molecule has 0 atom stereocenters. The summed E-state index contributed by atoms with van der Waals surface area (Å²) in [4.78, 5) is 16.3. The van der Waals surface area contributed by atoms with Gasteiger partial charge in [0.05, 0.1) is 4.92 Å². The number of aromatic amines is 1. The Labute approximate surface area is 129 Å². The van der Waals surface area contributed by atoms with Gasteiger partial charge in [0.1, 0.15) is 0 Å². The Morgan fingerprint density at radius 1 is 1.41 bits per heavy atom. The molecule has 0 saturated carbocycles. The third-order valence-corrected chi connectivity index (χ3v) is 4.14. The van der Waals surface area contributed by atoms with E-state index in [1.807, 2.05) is 6.20 Å². The number of nitrogens with one attached hydrogen (secondary N) is 1. The van der Waals surface area contributed by atoms with Gasteiger partial charge in [-0.3, -0.25) is 15.0 Å². The number of non-ortho nitro benzene ring substituents is 1. The molecule has 1 N–H and O–H groups in total. The van der Waals surface area contributed by atoms with Crippen LogP contribution in [-0.4, -0.2) is 34.4 Å². The number of fused-ring (bicyclic) bond motifs is 1. The van der Waals surface area contributed by atoms with E-state index in [1.165, 1.54) is 5.57 Å². The fourth-order valence-electron chi connectivity index (χ4n) is 3.13. The molecule has 1 aromatic heterocycles. The molecule has 3 rings (SSSR count). The molecule has 0 bridgehead atoms. The van der Waals surface area contributed by atoms with Crippen LogP contribution in [0, 0.1) is 16.0 Å². The van der Waals surface area contributed by atoms with E-state index in [2.05, 4.69) is 29.8 Å². The maximum Gasteiger partial charge on any atom is 0.270 e. The summed E-state index contributed by atoms with van der Waals surface area (Å²) in [6, 6.07) is 5.00. The van der Waals surface area contributed by atoms with Crippen LogP contribution in [0.5, 0.6) is 0 Å². The third-order valence-electron chi connectivity index (χ3n) is 4.14. The SMILES string of the molecule is CC(C)CN1CC=C(c2c[nH]c3ccc([N+](=O)[O-])cc23)CC1. The van der Waals surface area contributed by atoms with Crippen molar-refractivity contribution in [3.8, 4) is 0 Å². The molecule has 1 aliphatic rings. The average molecular weight is 299 g/mol. The number of nitro benzene ring substituents is 1. The van der Waals surface area contributed by atoms with Crippen LogP contribution in [-0.2, 0) is 0 Å². The lowest BCUT2D eigenvalue weighted by Crippen LogP contribution is -2.31. The zero-order valence-electron chi connectivity index (χ0n) is 13.0. The molecule has 5 nitrogen and oxygen atoms in total. The van der Waals surface area contributed by atoms with E-state index < -0.39 is 0 Å². The molecule has 0 saturated heterocycles. The van der Waals surface area contributed by atoms with Gasteiger partial charge in [0.25, 0.3) is 5.69 Å². The summed E-state index contributed by atoms with van der Waals surface area (Å²) >= 11 is 0. The fourth-order valence-corrected chi connectivity index (χ4v) is 3.13. The molecule has 0 spiro atoms. The second-order valence-corrected chi connectivity index (χ2v) is 6.32. The Morgan fingerprint density at radius 2 is 2.23 bits per heavy atom. The first kappa shape index (κ1) is 14.8. The van der Waals surface area contributed by atoms with Crippen molar-refractivity contribution in [2.45, 2.75) is 20.3 Å². The monoisotopic (exact) mass is 299 g/mol. The maximum absolute atomic E-state index is 11.0. The van der Waals surface area contributed by atoms with E-state index in [0.29, 0.717) is 5.92 Å². The number of aromatic nitrogens is 1. The maximum atomic E-state index is 11.0. The molecule has 2 heterocycles. The van der Waals surface area contributed by atoms with Crippen LogP contribution in [0.1, 0.15) is 25.8 Å². The van der Waals surface area contributed by atoms with E-state index in [4.69, 9.17) is 0 Å². The molecular weight excluding hydrogens is 278 g/mol. The first-order chi connectivity index (χ1) is 10.5. The zero-order chi connectivity index (χ0) is 15.7. The summed E-state index contributed by atoms with van der Waals surface area (Å²) in [5.41, 5.74) is 3.48. The Balaban J connectivity index is 1.89. The van der Waals surface area contributed by atoms with Crippen LogP contribution >= 0.6 is 0 Å². The summed E-state index contributed by atoms with van der Waals surface area (Å²) in [5, 5.41) is 11.9. The Bertz CT molecular complexity index is 731. The smallest absolute Gasteiger partial charge is 0.270 e. The molecular formula is C17H21N3O2. The molecule has 0 amide bonds. The van der Waals surface area contributed by atoms with Crippen molar-refractivity contribution in [3.05, 3.63) is 46.1 Å². The largest absolute Gasteiger partial charge is 0.361 e. The van der Waals surface area contributed by atoms with E-state index in [9.17, 15) is 10.1 Å². The normalized spacial score (nSPS) is 16.2. The molecule has 22 heavy (non-hydrogen) atoms. The van der Waals surface area contributed by atoms with Gasteiger partial charge in [0, 0.05) is 54.4 Å². The van der Waals surface area contributed by atoms with Gasteiger partial charge in [-0.15, -0.1) is 0 Å². The molecule has 2 aromatic rings. The number of benzene rings is 1. The van der Waals surface area contributed by atoms with E-state index >= 15 is 0 Å². The van der Waals surface area contributed by atoms with Crippen LogP contribution in [0.3, 0.4) is 0 Å². The lowest BCUT2D eigenvalue weighted by molar-refractivity contribution is -0.384. The minimum absolute atomic E-state index is 0.145. The number of nitrogens with zero attached hydrogens (tertiary/aromatic N) is 2. The second-order valence-electron chi connectivity index (χ2n) is 6.32. The van der Waals surface area contributed by atoms with Crippen LogP contribution in [0.15, 0.2) is 30.5 Å². The minimum Gasteiger partial charge on any atom is -0.361 e. The summed E-state index contributed by atoms with van der Waals surface area (Å²) < 4.78 is 0. The van der Waals surface area contributed by atoms with Crippen molar-refractivity contribution in [1.29, 1.82) is 0 Å². The molecule has 0 aliphatic carbocycles. The summed E-state index contributed by atoms with van der Waals surface area (Å²) in [5.74, 6) is 0.672. The van der Waals surface area contributed by atoms with Crippen molar-refractivity contribution in [2.24, 2.45) is 5.92 Å². The summed E-state index contributed by atoms with van der Waals surface area (Å²) in [7, 11) is 0. The highest BCUT2D eigenvalue weighted by Gasteiger charge is 2.17. The predicted molar refractivity (Wildman–Crippen MR) is 88.8 cm³/mol. The number of H-pyrrole nitrogens is 1. The van der Waals surface area contributed by atoms with E-state index in [-0.39, 0.29) is 10.6 Å². The first-order valence-corrected chi connectivity index (χ1v) is 7.72. The third kappa shape index (κ3) is 2.90. The molecule has 1 aliphatic heterocycles. The topological polar surface area (TPSA) is 62.2 Å². The van der Waals surface area contributed by atoms with Crippen LogP contribution in [0.25, 0.3) is 16.5 Å². The Hall–Kier alpha value is -2.14. The molecule has 0 radical (unpaired) electrons.